The van der Waals surface area contributed by atoms with Gasteiger partial charge in [-0.05, 0) is 30.4 Å². The summed E-state index contributed by atoms with van der Waals surface area (Å²) in [6, 6.07) is 16.3. The van der Waals surface area contributed by atoms with E-state index in [0.29, 0.717) is 18.6 Å². The van der Waals surface area contributed by atoms with Gasteiger partial charge in [0.1, 0.15) is 5.75 Å². The van der Waals surface area contributed by atoms with Crippen LogP contribution in [-0.4, -0.2) is 30.1 Å². The van der Waals surface area contributed by atoms with Gasteiger partial charge in [0, 0.05) is 17.5 Å². The van der Waals surface area contributed by atoms with Gasteiger partial charge in [0.25, 0.3) is 5.91 Å². The van der Waals surface area contributed by atoms with Gasteiger partial charge >= 0.3 is 0 Å². The Morgan fingerprint density at radius 2 is 1.81 bits per heavy atom. The van der Waals surface area contributed by atoms with Gasteiger partial charge < -0.3 is 15.4 Å². The van der Waals surface area contributed by atoms with Crippen molar-refractivity contribution >= 4 is 29.1 Å². The second kappa shape index (κ2) is 8.44. The van der Waals surface area contributed by atoms with Gasteiger partial charge in [-0.2, -0.15) is 0 Å². The fraction of sp³-hybridized carbons (Fsp3) is 0.211. The summed E-state index contributed by atoms with van der Waals surface area (Å²) in [6.07, 6.45) is 0.706. The summed E-state index contributed by atoms with van der Waals surface area (Å²) in [5.74, 6) is 0.271. The van der Waals surface area contributed by atoms with E-state index < -0.39 is 0 Å². The van der Waals surface area contributed by atoms with E-state index in [1.165, 1.54) is 0 Å². The van der Waals surface area contributed by atoms with Crippen LogP contribution in [0, 0.1) is 0 Å². The van der Waals surface area contributed by atoms with Crippen LogP contribution < -0.4 is 20.7 Å². The summed E-state index contributed by atoms with van der Waals surface area (Å²) in [5.41, 5.74) is 1.46. The third-order valence-corrected chi connectivity index (χ3v) is 4.21. The molecule has 2 amide bonds. The molecule has 2 aromatic carbocycles. The predicted octanol–water partition coefficient (Wildman–Crippen LogP) is 1.93. The first-order valence-electron chi connectivity index (χ1n) is 8.29. The van der Waals surface area contributed by atoms with Gasteiger partial charge in [0.05, 0.1) is 19.2 Å². The SMILES string of the molecule is O=C(CNC(=S)NC(=O)c1ccccc1)N[C@H]1CCOc2ccccc21. The molecule has 3 rings (SSSR count). The maximum absolute atomic E-state index is 12.2. The molecule has 3 N–H and O–H groups in total. The molecule has 134 valence electrons. The van der Waals surface area contributed by atoms with E-state index in [-0.39, 0.29) is 29.5 Å². The highest BCUT2D eigenvalue weighted by atomic mass is 32.1. The van der Waals surface area contributed by atoms with Crippen LogP contribution in [0.2, 0.25) is 0 Å². The van der Waals surface area contributed by atoms with Crippen LogP contribution in [0.25, 0.3) is 0 Å². The molecular formula is C19H19N3O3S. The smallest absolute Gasteiger partial charge is 0.257 e. The normalized spacial score (nSPS) is 15.2. The minimum absolute atomic E-state index is 0.0204. The highest BCUT2D eigenvalue weighted by molar-refractivity contribution is 7.80. The zero-order valence-electron chi connectivity index (χ0n) is 14.0. The third kappa shape index (κ3) is 4.58. The van der Waals surface area contributed by atoms with Gasteiger partial charge in [-0.3, -0.25) is 14.9 Å². The number of hydrogen-bond acceptors (Lipinski definition) is 4. The van der Waals surface area contributed by atoms with E-state index in [9.17, 15) is 9.59 Å². The Morgan fingerprint density at radius 1 is 1.08 bits per heavy atom. The number of hydrogen-bond donors (Lipinski definition) is 3. The molecule has 1 aliphatic rings. The predicted molar refractivity (Wildman–Crippen MR) is 102 cm³/mol. The molecule has 0 unspecified atom stereocenters. The average molecular weight is 369 g/mol. The van der Waals surface area contributed by atoms with Crippen molar-refractivity contribution in [2.45, 2.75) is 12.5 Å². The molecule has 0 fully saturated rings. The Morgan fingerprint density at radius 3 is 2.62 bits per heavy atom. The van der Waals surface area contributed by atoms with E-state index in [2.05, 4.69) is 16.0 Å². The monoisotopic (exact) mass is 369 g/mol. The third-order valence-electron chi connectivity index (χ3n) is 3.97. The van der Waals surface area contributed by atoms with Crippen molar-refractivity contribution in [1.82, 2.24) is 16.0 Å². The molecule has 1 aliphatic heterocycles. The number of ether oxygens (including phenoxy) is 1. The van der Waals surface area contributed by atoms with Crippen LogP contribution in [0.3, 0.4) is 0 Å². The van der Waals surface area contributed by atoms with Gasteiger partial charge in [0.2, 0.25) is 5.91 Å². The number of carbonyl (C=O) groups is 2. The Hall–Kier alpha value is -2.93. The summed E-state index contributed by atoms with van der Waals surface area (Å²) >= 11 is 5.07. The Bertz CT molecular complexity index is 811. The summed E-state index contributed by atoms with van der Waals surface area (Å²) < 4.78 is 5.58. The van der Waals surface area contributed by atoms with Crippen molar-refractivity contribution in [3.05, 3.63) is 65.7 Å². The number of nitrogens with one attached hydrogen (secondary N) is 3. The van der Waals surface area contributed by atoms with Crippen LogP contribution in [0.5, 0.6) is 5.75 Å². The molecule has 0 aliphatic carbocycles. The molecule has 0 saturated carbocycles. The zero-order valence-corrected chi connectivity index (χ0v) is 14.8. The van der Waals surface area contributed by atoms with Crippen LogP contribution >= 0.6 is 12.2 Å². The molecule has 1 atom stereocenters. The molecule has 26 heavy (non-hydrogen) atoms. The molecule has 1 heterocycles. The summed E-state index contributed by atoms with van der Waals surface area (Å²) in [5, 5.41) is 8.38. The summed E-state index contributed by atoms with van der Waals surface area (Å²) in [6.45, 7) is 0.536. The number of rotatable bonds is 4. The molecule has 0 spiro atoms. The van der Waals surface area contributed by atoms with Crippen molar-refractivity contribution in [1.29, 1.82) is 0 Å². The van der Waals surface area contributed by atoms with Crippen molar-refractivity contribution in [2.75, 3.05) is 13.2 Å². The first-order chi connectivity index (χ1) is 12.6. The lowest BCUT2D eigenvalue weighted by atomic mass is 10.0. The second-order valence-electron chi connectivity index (χ2n) is 5.80. The van der Waals surface area contributed by atoms with Gasteiger partial charge in [-0.15, -0.1) is 0 Å². The zero-order chi connectivity index (χ0) is 18.4. The fourth-order valence-electron chi connectivity index (χ4n) is 2.71. The highest BCUT2D eigenvalue weighted by Gasteiger charge is 2.22. The molecule has 7 heteroatoms. The van der Waals surface area contributed by atoms with Crippen LogP contribution in [0.4, 0.5) is 0 Å². The lowest BCUT2D eigenvalue weighted by molar-refractivity contribution is -0.120. The maximum Gasteiger partial charge on any atom is 0.257 e. The van der Waals surface area contributed by atoms with E-state index in [4.69, 9.17) is 17.0 Å². The number of thiocarbonyl (C=S) groups is 1. The Kier molecular flexibility index (Phi) is 5.80. The van der Waals surface area contributed by atoms with Gasteiger partial charge in [-0.1, -0.05) is 36.4 Å². The van der Waals surface area contributed by atoms with Gasteiger partial charge in [-0.25, -0.2) is 0 Å². The van der Waals surface area contributed by atoms with Crippen LogP contribution in [0.1, 0.15) is 28.4 Å². The molecule has 0 bridgehead atoms. The standard InChI is InChI=1S/C19H19N3O3S/c23-17(21-15-10-11-25-16-9-5-4-8-14(15)16)12-20-19(26)22-18(24)13-6-2-1-3-7-13/h1-9,15H,10-12H2,(H,21,23)(H2,20,22,24,26)/t15-/m0/s1. The van der Waals surface area contributed by atoms with Crippen molar-refractivity contribution in [3.63, 3.8) is 0 Å². The lowest BCUT2D eigenvalue weighted by Gasteiger charge is -2.26. The average Bonchev–Trinajstić information content (AvgIpc) is 2.67. The summed E-state index contributed by atoms with van der Waals surface area (Å²) in [4.78, 5) is 24.2. The molecule has 2 aromatic rings. The minimum Gasteiger partial charge on any atom is -0.493 e. The van der Waals surface area contributed by atoms with Crippen molar-refractivity contribution < 1.29 is 14.3 Å². The number of fused-ring (bicyclic) bond motifs is 1. The minimum atomic E-state index is -0.318. The number of benzene rings is 2. The number of carbonyl (C=O) groups excluding carboxylic acids is 2. The fourth-order valence-corrected chi connectivity index (χ4v) is 2.87. The largest absolute Gasteiger partial charge is 0.493 e. The molecule has 0 aromatic heterocycles. The van der Waals surface area contributed by atoms with Crippen molar-refractivity contribution in [3.8, 4) is 5.75 Å². The maximum atomic E-state index is 12.2. The molecule has 0 radical (unpaired) electrons. The quantitative estimate of drug-likeness (QED) is 0.718. The van der Waals surface area contributed by atoms with Gasteiger partial charge in [0.15, 0.2) is 5.11 Å². The van der Waals surface area contributed by atoms with Crippen molar-refractivity contribution in [2.24, 2.45) is 0 Å². The molecular weight excluding hydrogens is 350 g/mol. The van der Waals surface area contributed by atoms with Crippen LogP contribution in [-0.2, 0) is 4.79 Å². The van der Waals surface area contributed by atoms with E-state index in [1.54, 1.807) is 24.3 Å². The first-order valence-corrected chi connectivity index (χ1v) is 8.69. The number of amides is 2. The van der Waals surface area contributed by atoms with Crippen LogP contribution in [0.15, 0.2) is 54.6 Å². The molecule has 0 saturated heterocycles. The Labute approximate surface area is 156 Å². The van der Waals surface area contributed by atoms with E-state index >= 15 is 0 Å². The Balaban J connectivity index is 1.47. The van der Waals surface area contributed by atoms with E-state index in [0.717, 1.165) is 11.3 Å². The first kappa shape index (κ1) is 17.9. The second-order valence-corrected chi connectivity index (χ2v) is 6.21. The molecule has 6 nitrogen and oxygen atoms in total. The number of para-hydroxylation sites is 1. The van der Waals surface area contributed by atoms with E-state index in [1.807, 2.05) is 30.3 Å². The highest BCUT2D eigenvalue weighted by Crippen LogP contribution is 2.31. The lowest BCUT2D eigenvalue weighted by Crippen LogP contribution is -2.45. The topological polar surface area (TPSA) is 79.5 Å². The summed E-state index contributed by atoms with van der Waals surface area (Å²) in [7, 11) is 0.